The van der Waals surface area contributed by atoms with Gasteiger partial charge in [0.2, 0.25) is 0 Å². The molecule has 0 bridgehead atoms. The Hall–Kier alpha value is -4.07. The van der Waals surface area contributed by atoms with E-state index in [1.54, 1.807) is 43.3 Å². The van der Waals surface area contributed by atoms with E-state index in [2.05, 4.69) is 15.5 Å². The number of fused-ring (bicyclic) bond motifs is 1. The third kappa shape index (κ3) is 3.50. The number of halogens is 1. The van der Waals surface area contributed by atoms with Crippen molar-refractivity contribution in [3.63, 3.8) is 0 Å². The molecule has 30 heavy (non-hydrogen) atoms. The fraction of sp³-hybridized carbons (Fsp3) is 0.0909. The van der Waals surface area contributed by atoms with Crippen LogP contribution in [0.4, 0.5) is 10.1 Å². The summed E-state index contributed by atoms with van der Waals surface area (Å²) in [5.41, 5.74) is 1.99. The van der Waals surface area contributed by atoms with Gasteiger partial charge in [0.25, 0.3) is 11.6 Å². The number of nitrogens with zero attached hydrogens (tertiary/aromatic N) is 2. The van der Waals surface area contributed by atoms with Gasteiger partial charge in [0.1, 0.15) is 5.82 Å². The van der Waals surface area contributed by atoms with Crippen molar-refractivity contribution in [1.29, 1.82) is 0 Å². The van der Waals surface area contributed by atoms with E-state index in [0.29, 0.717) is 22.3 Å². The summed E-state index contributed by atoms with van der Waals surface area (Å²) in [4.78, 5) is 29.1. The fourth-order valence-electron chi connectivity index (χ4n) is 3.12. The molecule has 4 aromatic rings. The van der Waals surface area contributed by atoms with E-state index >= 15 is 0 Å². The number of ether oxygens (including phenoxy) is 1. The number of benzene rings is 2. The number of nitrogens with one attached hydrogen (secondary N) is 1. The number of carbonyl (C=O) groups excluding carboxylic acids is 2. The molecule has 1 N–H and O–H groups in total. The lowest BCUT2D eigenvalue weighted by Crippen LogP contribution is -2.14. The number of aryl methyl sites for hydroxylation is 1. The summed E-state index contributed by atoms with van der Waals surface area (Å²) in [6, 6.07) is 13.9. The molecule has 2 heterocycles. The average Bonchev–Trinajstić information content (AvgIpc) is 3.13. The first-order valence-corrected chi connectivity index (χ1v) is 8.99. The van der Waals surface area contributed by atoms with E-state index in [0.717, 1.165) is 0 Å². The number of pyridine rings is 1. The number of methoxy groups -OCH3 is 1. The van der Waals surface area contributed by atoms with Gasteiger partial charge < -0.3 is 14.6 Å². The first kappa shape index (κ1) is 19.3. The number of amides is 1. The fourth-order valence-corrected chi connectivity index (χ4v) is 3.12. The van der Waals surface area contributed by atoms with E-state index in [1.165, 1.54) is 25.3 Å². The molecule has 0 aliphatic rings. The maximum Gasteiger partial charge on any atom is 0.337 e. The molecule has 0 saturated heterocycles. The highest BCUT2D eigenvalue weighted by Crippen LogP contribution is 2.29. The minimum absolute atomic E-state index is 0.127. The molecule has 150 valence electrons. The summed E-state index contributed by atoms with van der Waals surface area (Å²) in [6.07, 6.45) is 0. The number of aromatic nitrogens is 2. The second-order valence-corrected chi connectivity index (χ2v) is 6.51. The number of rotatable bonds is 4. The maximum absolute atomic E-state index is 14.3. The monoisotopic (exact) mass is 405 g/mol. The van der Waals surface area contributed by atoms with Gasteiger partial charge in [-0.15, -0.1) is 0 Å². The van der Waals surface area contributed by atoms with Crippen LogP contribution in [0.1, 0.15) is 26.4 Å². The van der Waals surface area contributed by atoms with Crippen LogP contribution in [-0.2, 0) is 4.74 Å². The Morgan fingerprint density at radius 1 is 1.10 bits per heavy atom. The third-order valence-corrected chi connectivity index (χ3v) is 4.55. The Labute approximate surface area is 170 Å². The van der Waals surface area contributed by atoms with Crippen LogP contribution in [0.2, 0.25) is 0 Å². The molecule has 0 radical (unpaired) electrons. The predicted octanol–water partition coefficient (Wildman–Crippen LogP) is 4.38. The molecule has 1 amide bonds. The topological polar surface area (TPSA) is 94.3 Å². The summed E-state index contributed by atoms with van der Waals surface area (Å²) in [6.45, 7) is 1.69. The van der Waals surface area contributed by atoms with Gasteiger partial charge >= 0.3 is 5.97 Å². The van der Waals surface area contributed by atoms with Crippen LogP contribution in [-0.4, -0.2) is 29.1 Å². The molecule has 4 rings (SSSR count). The molecule has 7 nitrogen and oxygen atoms in total. The second-order valence-electron chi connectivity index (χ2n) is 6.51. The largest absolute Gasteiger partial charge is 0.465 e. The molecule has 0 spiro atoms. The normalized spacial score (nSPS) is 10.8. The Bertz CT molecular complexity index is 1280. The van der Waals surface area contributed by atoms with E-state index in [9.17, 15) is 14.0 Å². The van der Waals surface area contributed by atoms with E-state index in [1.807, 2.05) is 0 Å². The molecular weight excluding hydrogens is 389 g/mol. The van der Waals surface area contributed by atoms with Crippen molar-refractivity contribution in [2.24, 2.45) is 0 Å². The SMILES string of the molecule is COC(=O)c1cccc(NC(=O)c2cc(-c3ccccc3F)nc3onc(C)c23)c1. The quantitative estimate of drug-likeness (QED) is 0.507. The number of anilines is 1. The third-order valence-electron chi connectivity index (χ3n) is 4.55. The van der Waals surface area contributed by atoms with Crippen LogP contribution < -0.4 is 5.32 Å². The average molecular weight is 405 g/mol. The summed E-state index contributed by atoms with van der Waals surface area (Å²) >= 11 is 0. The van der Waals surface area contributed by atoms with Gasteiger partial charge in [0.15, 0.2) is 0 Å². The van der Waals surface area contributed by atoms with Crippen LogP contribution >= 0.6 is 0 Å². The van der Waals surface area contributed by atoms with Crippen molar-refractivity contribution >= 4 is 28.7 Å². The zero-order valence-corrected chi connectivity index (χ0v) is 16.1. The highest BCUT2D eigenvalue weighted by molar-refractivity contribution is 6.13. The van der Waals surface area contributed by atoms with Crippen molar-refractivity contribution in [3.8, 4) is 11.3 Å². The van der Waals surface area contributed by atoms with Crippen molar-refractivity contribution < 1.29 is 23.2 Å². The Morgan fingerprint density at radius 2 is 1.90 bits per heavy atom. The summed E-state index contributed by atoms with van der Waals surface area (Å²) in [7, 11) is 1.28. The van der Waals surface area contributed by atoms with Crippen molar-refractivity contribution in [2.75, 3.05) is 12.4 Å². The summed E-state index contributed by atoms with van der Waals surface area (Å²) in [5.74, 6) is -1.47. The zero-order chi connectivity index (χ0) is 21.3. The second kappa shape index (κ2) is 7.75. The number of hydrogen-bond donors (Lipinski definition) is 1. The van der Waals surface area contributed by atoms with Gasteiger partial charge in [-0.2, -0.15) is 0 Å². The van der Waals surface area contributed by atoms with E-state index in [-0.39, 0.29) is 22.5 Å². The van der Waals surface area contributed by atoms with Crippen LogP contribution in [0.25, 0.3) is 22.4 Å². The molecule has 2 aromatic heterocycles. The molecule has 2 aromatic carbocycles. The molecule has 0 atom stereocenters. The van der Waals surface area contributed by atoms with Gasteiger partial charge in [-0.3, -0.25) is 4.79 Å². The summed E-state index contributed by atoms with van der Waals surface area (Å²) < 4.78 is 24.2. The Kier molecular flexibility index (Phi) is 4.97. The highest BCUT2D eigenvalue weighted by atomic mass is 19.1. The lowest BCUT2D eigenvalue weighted by atomic mass is 10.0. The first-order valence-electron chi connectivity index (χ1n) is 8.99. The van der Waals surface area contributed by atoms with Gasteiger partial charge in [-0.05, 0) is 43.3 Å². The standard InChI is InChI=1S/C22H16FN3O4/c1-12-19-16(20(27)24-14-7-5-6-13(10-14)22(28)29-2)11-18(25-21(19)30-26-12)15-8-3-4-9-17(15)23/h3-11H,1-2H3,(H,24,27). The molecule has 0 aliphatic carbocycles. The first-order chi connectivity index (χ1) is 14.5. The molecule has 0 aliphatic heterocycles. The van der Waals surface area contributed by atoms with Crippen LogP contribution in [0.15, 0.2) is 59.1 Å². The lowest BCUT2D eigenvalue weighted by molar-refractivity contribution is 0.0600. The number of hydrogen-bond acceptors (Lipinski definition) is 6. The molecular formula is C22H16FN3O4. The maximum atomic E-state index is 14.3. The molecule has 0 fully saturated rings. The minimum atomic E-state index is -0.519. The van der Waals surface area contributed by atoms with Crippen LogP contribution in [0.5, 0.6) is 0 Å². The van der Waals surface area contributed by atoms with Crippen LogP contribution in [0.3, 0.4) is 0 Å². The van der Waals surface area contributed by atoms with Gasteiger partial charge in [-0.25, -0.2) is 14.2 Å². The van der Waals surface area contributed by atoms with Gasteiger partial charge in [0, 0.05) is 11.3 Å². The Morgan fingerprint density at radius 3 is 2.67 bits per heavy atom. The van der Waals surface area contributed by atoms with Gasteiger partial charge in [0.05, 0.1) is 35.0 Å². The van der Waals surface area contributed by atoms with E-state index in [4.69, 9.17) is 9.26 Å². The predicted molar refractivity (Wildman–Crippen MR) is 108 cm³/mol. The number of carbonyl (C=O) groups is 2. The smallest absolute Gasteiger partial charge is 0.337 e. The van der Waals surface area contributed by atoms with Crippen molar-refractivity contribution in [3.05, 3.63) is 77.2 Å². The zero-order valence-electron chi connectivity index (χ0n) is 16.1. The molecule has 8 heteroatoms. The highest BCUT2D eigenvalue weighted by Gasteiger charge is 2.21. The molecule has 0 saturated carbocycles. The van der Waals surface area contributed by atoms with Crippen molar-refractivity contribution in [1.82, 2.24) is 10.1 Å². The Balaban J connectivity index is 1.78. The van der Waals surface area contributed by atoms with E-state index < -0.39 is 17.7 Å². The van der Waals surface area contributed by atoms with Crippen molar-refractivity contribution in [2.45, 2.75) is 6.92 Å². The molecule has 0 unspecified atom stereocenters. The number of esters is 1. The van der Waals surface area contributed by atoms with Crippen LogP contribution in [0, 0.1) is 12.7 Å². The van der Waals surface area contributed by atoms with Gasteiger partial charge in [-0.1, -0.05) is 23.4 Å². The minimum Gasteiger partial charge on any atom is -0.465 e. The lowest BCUT2D eigenvalue weighted by Gasteiger charge is -2.09. The summed E-state index contributed by atoms with van der Waals surface area (Å²) in [5, 5.41) is 7.05.